The van der Waals surface area contributed by atoms with Crippen molar-refractivity contribution in [3.8, 4) is 0 Å². The molecule has 0 radical (unpaired) electrons. The highest BCUT2D eigenvalue weighted by molar-refractivity contribution is 5.92. The summed E-state index contributed by atoms with van der Waals surface area (Å²) < 4.78 is 5.31. The van der Waals surface area contributed by atoms with Crippen LogP contribution in [0.1, 0.15) is 29.9 Å². The number of pyridine rings is 1. The standard InChI is InChI=1S/C12H19N3O2/c1-3-17-9(2)7-15-12(16)11-5-4-10(6-13)8-14-11/h4-5,8-9H,3,6-7,13H2,1-2H3,(H,15,16). The monoisotopic (exact) mass is 237 g/mol. The molecular formula is C12H19N3O2. The molecule has 0 saturated carbocycles. The highest BCUT2D eigenvalue weighted by Crippen LogP contribution is 1.99. The maximum atomic E-state index is 11.7. The fraction of sp³-hybridized carbons (Fsp3) is 0.500. The topological polar surface area (TPSA) is 77.2 Å². The lowest BCUT2D eigenvalue weighted by molar-refractivity contribution is 0.0693. The Morgan fingerprint density at radius 3 is 2.88 bits per heavy atom. The Bertz CT molecular complexity index is 351. The maximum Gasteiger partial charge on any atom is 0.269 e. The number of carbonyl (C=O) groups excluding carboxylic acids is 1. The molecule has 3 N–H and O–H groups in total. The molecule has 0 aliphatic carbocycles. The molecule has 0 bridgehead atoms. The Labute approximate surface area is 101 Å². The first kappa shape index (κ1) is 13.6. The van der Waals surface area contributed by atoms with Crippen molar-refractivity contribution in [2.24, 2.45) is 5.73 Å². The SMILES string of the molecule is CCOC(C)CNC(=O)c1ccc(CN)cn1. The van der Waals surface area contributed by atoms with Crippen molar-refractivity contribution in [2.75, 3.05) is 13.2 Å². The second kappa shape index (κ2) is 6.98. The lowest BCUT2D eigenvalue weighted by Gasteiger charge is -2.12. The second-order valence-corrected chi connectivity index (χ2v) is 3.73. The molecule has 1 amide bonds. The van der Waals surface area contributed by atoms with Gasteiger partial charge in [-0.15, -0.1) is 0 Å². The van der Waals surface area contributed by atoms with E-state index in [1.54, 1.807) is 18.3 Å². The van der Waals surface area contributed by atoms with Crippen molar-refractivity contribution in [3.05, 3.63) is 29.6 Å². The summed E-state index contributed by atoms with van der Waals surface area (Å²) in [5, 5.41) is 2.76. The van der Waals surface area contributed by atoms with E-state index in [4.69, 9.17) is 10.5 Å². The van der Waals surface area contributed by atoms with Gasteiger partial charge in [-0.1, -0.05) is 6.07 Å². The highest BCUT2D eigenvalue weighted by atomic mass is 16.5. The molecule has 0 saturated heterocycles. The Morgan fingerprint density at radius 1 is 1.59 bits per heavy atom. The van der Waals surface area contributed by atoms with Gasteiger partial charge in [0.25, 0.3) is 5.91 Å². The summed E-state index contributed by atoms with van der Waals surface area (Å²) in [5.41, 5.74) is 6.75. The summed E-state index contributed by atoms with van der Waals surface area (Å²) in [7, 11) is 0. The zero-order valence-electron chi connectivity index (χ0n) is 10.3. The number of amides is 1. The number of nitrogens with one attached hydrogen (secondary N) is 1. The summed E-state index contributed by atoms with van der Waals surface area (Å²) in [6, 6.07) is 3.47. The van der Waals surface area contributed by atoms with Gasteiger partial charge in [0.2, 0.25) is 0 Å². The van der Waals surface area contributed by atoms with Crippen molar-refractivity contribution in [2.45, 2.75) is 26.5 Å². The minimum atomic E-state index is -0.194. The molecule has 1 aromatic rings. The smallest absolute Gasteiger partial charge is 0.269 e. The third-order valence-electron chi connectivity index (χ3n) is 2.29. The fourth-order valence-corrected chi connectivity index (χ4v) is 1.35. The highest BCUT2D eigenvalue weighted by Gasteiger charge is 2.08. The van der Waals surface area contributed by atoms with Crippen LogP contribution in [0.5, 0.6) is 0 Å². The Morgan fingerprint density at radius 2 is 2.35 bits per heavy atom. The molecule has 0 fully saturated rings. The van der Waals surface area contributed by atoms with Crippen molar-refractivity contribution in [1.29, 1.82) is 0 Å². The quantitative estimate of drug-likeness (QED) is 0.763. The van der Waals surface area contributed by atoms with Crippen LogP contribution >= 0.6 is 0 Å². The molecule has 1 rings (SSSR count). The summed E-state index contributed by atoms with van der Waals surface area (Å²) in [5.74, 6) is -0.194. The van der Waals surface area contributed by atoms with Gasteiger partial charge in [0, 0.05) is 25.9 Å². The van der Waals surface area contributed by atoms with Crippen LogP contribution in [0.4, 0.5) is 0 Å². The molecule has 5 heteroatoms. The first-order valence-electron chi connectivity index (χ1n) is 5.72. The van der Waals surface area contributed by atoms with Crippen molar-refractivity contribution in [3.63, 3.8) is 0 Å². The van der Waals surface area contributed by atoms with E-state index < -0.39 is 0 Å². The number of nitrogens with zero attached hydrogens (tertiary/aromatic N) is 1. The zero-order valence-corrected chi connectivity index (χ0v) is 10.3. The summed E-state index contributed by atoms with van der Waals surface area (Å²) in [6.07, 6.45) is 1.62. The zero-order chi connectivity index (χ0) is 12.7. The van der Waals surface area contributed by atoms with Crippen LogP contribution in [0.3, 0.4) is 0 Å². The normalized spacial score (nSPS) is 12.2. The van der Waals surface area contributed by atoms with E-state index >= 15 is 0 Å². The van der Waals surface area contributed by atoms with E-state index in [1.807, 2.05) is 13.8 Å². The minimum absolute atomic E-state index is 0.00673. The largest absolute Gasteiger partial charge is 0.377 e. The molecule has 0 spiro atoms. The van der Waals surface area contributed by atoms with Gasteiger partial charge in [-0.25, -0.2) is 0 Å². The fourth-order valence-electron chi connectivity index (χ4n) is 1.35. The predicted octanol–water partition coefficient (Wildman–Crippen LogP) is 0.695. The summed E-state index contributed by atoms with van der Waals surface area (Å²) >= 11 is 0. The van der Waals surface area contributed by atoms with E-state index in [2.05, 4.69) is 10.3 Å². The molecule has 17 heavy (non-hydrogen) atoms. The first-order valence-corrected chi connectivity index (χ1v) is 5.72. The molecule has 1 aromatic heterocycles. The van der Waals surface area contributed by atoms with Gasteiger partial charge >= 0.3 is 0 Å². The Balaban J connectivity index is 2.46. The third kappa shape index (κ3) is 4.50. The van der Waals surface area contributed by atoms with Crippen molar-refractivity contribution < 1.29 is 9.53 Å². The molecule has 94 valence electrons. The minimum Gasteiger partial charge on any atom is -0.377 e. The van der Waals surface area contributed by atoms with E-state index in [-0.39, 0.29) is 12.0 Å². The van der Waals surface area contributed by atoms with E-state index in [9.17, 15) is 4.79 Å². The van der Waals surface area contributed by atoms with Crippen molar-refractivity contribution >= 4 is 5.91 Å². The molecule has 1 atom stereocenters. The van der Waals surface area contributed by atoms with E-state index in [1.165, 1.54) is 0 Å². The lowest BCUT2D eigenvalue weighted by Crippen LogP contribution is -2.32. The number of rotatable bonds is 6. The number of aromatic nitrogens is 1. The summed E-state index contributed by atoms with van der Waals surface area (Å²) in [6.45, 7) is 5.38. The molecule has 1 unspecified atom stereocenters. The maximum absolute atomic E-state index is 11.7. The molecule has 0 aliphatic heterocycles. The molecular weight excluding hydrogens is 218 g/mol. The van der Waals surface area contributed by atoms with Gasteiger partial charge < -0.3 is 15.8 Å². The van der Waals surface area contributed by atoms with Crippen LogP contribution in [0.25, 0.3) is 0 Å². The van der Waals surface area contributed by atoms with Crippen molar-refractivity contribution in [1.82, 2.24) is 10.3 Å². The van der Waals surface area contributed by atoms with Gasteiger partial charge in [0.15, 0.2) is 0 Å². The molecule has 0 aliphatic rings. The van der Waals surface area contributed by atoms with Crippen LogP contribution in [-0.2, 0) is 11.3 Å². The first-order chi connectivity index (χ1) is 8.17. The van der Waals surface area contributed by atoms with E-state index in [0.29, 0.717) is 25.4 Å². The Hall–Kier alpha value is -1.46. The number of nitrogens with two attached hydrogens (primary N) is 1. The number of ether oxygens (including phenoxy) is 1. The average molecular weight is 237 g/mol. The molecule has 0 aromatic carbocycles. The summed E-state index contributed by atoms with van der Waals surface area (Å²) in [4.78, 5) is 15.7. The lowest BCUT2D eigenvalue weighted by atomic mass is 10.2. The van der Waals surface area contributed by atoms with Gasteiger partial charge in [-0.05, 0) is 25.5 Å². The van der Waals surface area contributed by atoms with Crippen LogP contribution in [0.15, 0.2) is 18.3 Å². The molecule has 5 nitrogen and oxygen atoms in total. The van der Waals surface area contributed by atoms with Crippen LogP contribution in [-0.4, -0.2) is 30.1 Å². The van der Waals surface area contributed by atoms with Gasteiger partial charge in [-0.3, -0.25) is 9.78 Å². The second-order valence-electron chi connectivity index (χ2n) is 3.73. The number of hydrogen-bond donors (Lipinski definition) is 2. The number of carbonyl (C=O) groups is 1. The predicted molar refractivity (Wildman–Crippen MR) is 65.5 cm³/mol. The Kier molecular flexibility index (Phi) is 5.59. The molecule has 1 heterocycles. The number of hydrogen-bond acceptors (Lipinski definition) is 4. The van der Waals surface area contributed by atoms with Gasteiger partial charge in [0.05, 0.1) is 6.10 Å². The van der Waals surface area contributed by atoms with Crippen LogP contribution in [0.2, 0.25) is 0 Å². The average Bonchev–Trinajstić information content (AvgIpc) is 2.36. The van der Waals surface area contributed by atoms with Crippen LogP contribution in [0, 0.1) is 0 Å². The van der Waals surface area contributed by atoms with Gasteiger partial charge in [0.1, 0.15) is 5.69 Å². The van der Waals surface area contributed by atoms with Gasteiger partial charge in [-0.2, -0.15) is 0 Å². The third-order valence-corrected chi connectivity index (χ3v) is 2.29. The van der Waals surface area contributed by atoms with E-state index in [0.717, 1.165) is 5.56 Å². The van der Waals surface area contributed by atoms with Crippen LogP contribution < -0.4 is 11.1 Å².